The molecule has 1 amide bonds. The molecule has 0 bridgehead atoms. The monoisotopic (exact) mass is 363 g/mol. The maximum atomic E-state index is 12.3. The van der Waals surface area contributed by atoms with Gasteiger partial charge in [0.15, 0.2) is 0 Å². The van der Waals surface area contributed by atoms with Crippen molar-refractivity contribution in [3.05, 3.63) is 77.9 Å². The predicted octanol–water partition coefficient (Wildman–Crippen LogP) is 2.68. The number of carbonyl (C=O) groups excluding carboxylic acids is 1. The number of piperazine rings is 1. The molecule has 0 aliphatic carbocycles. The zero-order valence-corrected chi connectivity index (χ0v) is 15.9. The summed E-state index contributed by atoms with van der Waals surface area (Å²) in [5.41, 5.74) is 2.53. The Labute approximate surface area is 162 Å². The van der Waals surface area contributed by atoms with Crippen molar-refractivity contribution in [2.24, 2.45) is 0 Å². The van der Waals surface area contributed by atoms with Gasteiger partial charge < -0.3 is 10.2 Å². The number of carbonyl (C=O) groups is 1. The molecule has 4 heteroatoms. The van der Waals surface area contributed by atoms with Gasteiger partial charge >= 0.3 is 0 Å². The first-order valence-corrected chi connectivity index (χ1v) is 9.77. The Balaban J connectivity index is 1.30. The van der Waals surface area contributed by atoms with Crippen LogP contribution in [0.15, 0.2) is 66.7 Å². The molecular weight excluding hydrogens is 334 g/mol. The third-order valence-electron chi connectivity index (χ3n) is 4.91. The zero-order chi connectivity index (χ0) is 18.7. The molecule has 1 aliphatic heterocycles. The van der Waals surface area contributed by atoms with Crippen molar-refractivity contribution >= 4 is 12.0 Å². The first kappa shape index (κ1) is 19.3. The molecule has 0 unspecified atom stereocenters. The molecule has 3 rings (SSSR count). The lowest BCUT2D eigenvalue weighted by molar-refractivity contribution is -0.131. The van der Waals surface area contributed by atoms with Crippen LogP contribution in [0, 0.1) is 0 Å². The lowest BCUT2D eigenvalue weighted by atomic mass is 10.1. The molecule has 0 aromatic heterocycles. The minimum absolute atomic E-state index is 0.211. The molecule has 1 N–H and O–H groups in total. The van der Waals surface area contributed by atoms with E-state index in [0.29, 0.717) is 6.54 Å². The molecule has 0 atom stereocenters. The van der Waals surface area contributed by atoms with E-state index in [4.69, 9.17) is 0 Å². The third kappa shape index (κ3) is 6.66. The molecule has 1 heterocycles. The molecule has 0 saturated carbocycles. The van der Waals surface area contributed by atoms with Crippen molar-refractivity contribution in [2.45, 2.75) is 6.42 Å². The molecule has 0 radical (unpaired) electrons. The first-order chi connectivity index (χ1) is 13.3. The minimum atomic E-state index is 0.211. The van der Waals surface area contributed by atoms with Gasteiger partial charge in [-0.05, 0) is 24.1 Å². The Kier molecular flexibility index (Phi) is 7.63. The normalized spacial score (nSPS) is 15.3. The van der Waals surface area contributed by atoms with Crippen molar-refractivity contribution in [1.29, 1.82) is 0 Å². The highest BCUT2D eigenvalue weighted by Crippen LogP contribution is 2.05. The summed E-state index contributed by atoms with van der Waals surface area (Å²) >= 11 is 0. The third-order valence-corrected chi connectivity index (χ3v) is 4.91. The van der Waals surface area contributed by atoms with E-state index in [9.17, 15) is 4.79 Å². The van der Waals surface area contributed by atoms with Crippen LogP contribution in [0.1, 0.15) is 11.1 Å². The number of hydrogen-bond acceptors (Lipinski definition) is 3. The number of benzene rings is 2. The lowest BCUT2D eigenvalue weighted by Crippen LogP contribution is -2.50. The largest absolute Gasteiger partial charge is 0.339 e. The smallest absolute Gasteiger partial charge is 0.236 e. The van der Waals surface area contributed by atoms with Crippen molar-refractivity contribution in [3.63, 3.8) is 0 Å². The van der Waals surface area contributed by atoms with Crippen LogP contribution in [-0.4, -0.2) is 61.5 Å². The molecule has 1 saturated heterocycles. The summed E-state index contributed by atoms with van der Waals surface area (Å²) in [6, 6.07) is 20.7. The quantitative estimate of drug-likeness (QED) is 0.733. The highest BCUT2D eigenvalue weighted by Gasteiger charge is 2.19. The summed E-state index contributed by atoms with van der Waals surface area (Å²) in [6.07, 6.45) is 5.32. The van der Waals surface area contributed by atoms with Crippen molar-refractivity contribution < 1.29 is 4.79 Å². The molecule has 2 aromatic rings. The van der Waals surface area contributed by atoms with E-state index in [2.05, 4.69) is 70.9 Å². The van der Waals surface area contributed by atoms with Gasteiger partial charge in [0.1, 0.15) is 0 Å². The summed E-state index contributed by atoms with van der Waals surface area (Å²) in [5.74, 6) is 0.211. The molecule has 27 heavy (non-hydrogen) atoms. The molecule has 4 nitrogen and oxygen atoms in total. The van der Waals surface area contributed by atoms with Gasteiger partial charge in [0.2, 0.25) is 5.91 Å². The van der Waals surface area contributed by atoms with Crippen LogP contribution >= 0.6 is 0 Å². The second-order valence-corrected chi connectivity index (χ2v) is 6.91. The minimum Gasteiger partial charge on any atom is -0.339 e. The van der Waals surface area contributed by atoms with E-state index in [-0.39, 0.29) is 5.91 Å². The highest BCUT2D eigenvalue weighted by molar-refractivity contribution is 5.78. The average molecular weight is 364 g/mol. The topological polar surface area (TPSA) is 35.6 Å². The summed E-state index contributed by atoms with van der Waals surface area (Å²) in [4.78, 5) is 16.7. The predicted molar refractivity (Wildman–Crippen MR) is 112 cm³/mol. The van der Waals surface area contributed by atoms with Crippen LogP contribution in [0.2, 0.25) is 0 Å². The Morgan fingerprint density at radius 1 is 0.926 bits per heavy atom. The van der Waals surface area contributed by atoms with Gasteiger partial charge in [-0.3, -0.25) is 9.69 Å². The van der Waals surface area contributed by atoms with Gasteiger partial charge in [-0.15, -0.1) is 0 Å². The van der Waals surface area contributed by atoms with Crippen LogP contribution < -0.4 is 5.32 Å². The molecule has 0 spiro atoms. The number of nitrogens with one attached hydrogen (secondary N) is 1. The second-order valence-electron chi connectivity index (χ2n) is 6.91. The number of hydrogen-bond donors (Lipinski definition) is 1. The second kappa shape index (κ2) is 10.7. The highest BCUT2D eigenvalue weighted by atomic mass is 16.2. The fourth-order valence-electron chi connectivity index (χ4n) is 3.27. The Morgan fingerprint density at radius 2 is 1.59 bits per heavy atom. The zero-order valence-electron chi connectivity index (χ0n) is 15.9. The van der Waals surface area contributed by atoms with Gasteiger partial charge in [-0.25, -0.2) is 0 Å². The number of amides is 1. The van der Waals surface area contributed by atoms with E-state index in [1.54, 1.807) is 0 Å². The molecule has 142 valence electrons. The average Bonchev–Trinajstić information content (AvgIpc) is 2.73. The van der Waals surface area contributed by atoms with Crippen LogP contribution in [0.25, 0.3) is 6.08 Å². The Bertz CT molecular complexity index is 707. The van der Waals surface area contributed by atoms with Crippen molar-refractivity contribution in [1.82, 2.24) is 15.1 Å². The maximum Gasteiger partial charge on any atom is 0.236 e. The van der Waals surface area contributed by atoms with Crippen molar-refractivity contribution in [2.75, 3.05) is 45.8 Å². The molecule has 1 aliphatic rings. The maximum absolute atomic E-state index is 12.3. The fourth-order valence-corrected chi connectivity index (χ4v) is 3.27. The van der Waals surface area contributed by atoms with Crippen LogP contribution in [-0.2, 0) is 11.2 Å². The Morgan fingerprint density at radius 3 is 2.30 bits per heavy atom. The fraction of sp³-hybridized carbons (Fsp3) is 0.348. The Hall–Kier alpha value is -2.43. The van der Waals surface area contributed by atoms with Gasteiger partial charge in [0.25, 0.3) is 0 Å². The van der Waals surface area contributed by atoms with E-state index in [1.165, 1.54) is 11.1 Å². The first-order valence-electron chi connectivity index (χ1n) is 9.77. The standard InChI is InChI=1S/C23H29N3O/c27-23(20-24-14-13-22-10-5-2-6-11-22)26-18-16-25(17-19-26)15-7-12-21-8-3-1-4-9-21/h1-12,24H,13-20H2/b12-7+. The van der Waals surface area contributed by atoms with Gasteiger partial charge in [0, 0.05) is 32.7 Å². The van der Waals surface area contributed by atoms with Gasteiger partial charge in [-0.1, -0.05) is 72.8 Å². The van der Waals surface area contributed by atoms with E-state index < -0.39 is 0 Å². The van der Waals surface area contributed by atoms with Gasteiger partial charge in [-0.2, -0.15) is 0 Å². The van der Waals surface area contributed by atoms with Crippen LogP contribution in [0.4, 0.5) is 0 Å². The molecular formula is C23H29N3O. The van der Waals surface area contributed by atoms with Crippen LogP contribution in [0.5, 0.6) is 0 Å². The molecule has 2 aromatic carbocycles. The number of nitrogens with zero attached hydrogens (tertiary/aromatic N) is 2. The van der Waals surface area contributed by atoms with E-state index in [1.807, 2.05) is 17.0 Å². The summed E-state index contributed by atoms with van der Waals surface area (Å²) < 4.78 is 0. The molecule has 1 fully saturated rings. The van der Waals surface area contributed by atoms with Crippen molar-refractivity contribution in [3.8, 4) is 0 Å². The van der Waals surface area contributed by atoms with E-state index in [0.717, 1.165) is 45.7 Å². The lowest BCUT2D eigenvalue weighted by Gasteiger charge is -2.34. The van der Waals surface area contributed by atoms with E-state index >= 15 is 0 Å². The number of rotatable bonds is 8. The summed E-state index contributed by atoms with van der Waals surface area (Å²) in [5, 5.41) is 3.28. The van der Waals surface area contributed by atoms with Gasteiger partial charge in [0.05, 0.1) is 6.54 Å². The summed E-state index contributed by atoms with van der Waals surface area (Å²) in [6.45, 7) is 5.72. The van der Waals surface area contributed by atoms with Crippen LogP contribution in [0.3, 0.4) is 0 Å². The summed E-state index contributed by atoms with van der Waals surface area (Å²) in [7, 11) is 0. The SMILES string of the molecule is O=C(CNCCc1ccccc1)N1CCN(C/C=C/c2ccccc2)CC1.